The Morgan fingerprint density at radius 1 is 1.06 bits per heavy atom. The molecule has 1 heterocycles. The van der Waals surface area contributed by atoms with E-state index in [4.69, 9.17) is 4.74 Å². The summed E-state index contributed by atoms with van der Waals surface area (Å²) in [6, 6.07) is 8.41. The molecule has 176 valence electrons. The van der Waals surface area contributed by atoms with Crippen LogP contribution in [0.3, 0.4) is 0 Å². The highest BCUT2D eigenvalue weighted by Crippen LogP contribution is 2.25. The summed E-state index contributed by atoms with van der Waals surface area (Å²) in [6.07, 6.45) is 4.46. The fraction of sp³-hybridized carbons (Fsp3) is 0.696. The molecule has 0 spiro atoms. The van der Waals surface area contributed by atoms with Crippen LogP contribution in [-0.2, 0) is 19.6 Å². The first-order valence-electron chi connectivity index (χ1n) is 11.4. The highest BCUT2D eigenvalue weighted by Gasteiger charge is 2.28. The highest BCUT2D eigenvalue weighted by atomic mass is 32.2. The summed E-state index contributed by atoms with van der Waals surface area (Å²) in [5.41, 5.74) is 2.26. The molecule has 1 fully saturated rings. The van der Waals surface area contributed by atoms with E-state index in [0.717, 1.165) is 57.4 Å². The van der Waals surface area contributed by atoms with Gasteiger partial charge in [-0.2, -0.15) is 0 Å². The van der Waals surface area contributed by atoms with Gasteiger partial charge in [-0.25, -0.2) is 13.1 Å². The average molecular weight is 454 g/mol. The SMILES string of the molecule is CCOC(=O)C1CCN(c2ccc(NCCCCCNS(=O)(=O)C(C)(C)C)cc2)CC1. The number of unbranched alkanes of at least 4 members (excludes halogenated alkanes) is 2. The first kappa shape index (κ1) is 25.5. The molecule has 31 heavy (non-hydrogen) atoms. The summed E-state index contributed by atoms with van der Waals surface area (Å²) in [5.74, 6) is -0.0331. The predicted octanol–water partition coefficient (Wildman–Crippen LogP) is 3.77. The molecule has 2 rings (SSSR count). The second-order valence-corrected chi connectivity index (χ2v) is 11.6. The second-order valence-electron chi connectivity index (χ2n) is 9.06. The second kappa shape index (κ2) is 11.7. The van der Waals surface area contributed by atoms with Crippen molar-refractivity contribution < 1.29 is 17.9 Å². The van der Waals surface area contributed by atoms with E-state index in [1.54, 1.807) is 20.8 Å². The maximum Gasteiger partial charge on any atom is 0.309 e. The van der Waals surface area contributed by atoms with Gasteiger partial charge < -0.3 is 15.0 Å². The van der Waals surface area contributed by atoms with Crippen LogP contribution in [0.2, 0.25) is 0 Å². The van der Waals surface area contributed by atoms with Crippen LogP contribution in [0.15, 0.2) is 24.3 Å². The smallest absolute Gasteiger partial charge is 0.309 e. The number of nitrogens with one attached hydrogen (secondary N) is 2. The van der Waals surface area contributed by atoms with E-state index in [1.807, 2.05) is 6.92 Å². The number of sulfonamides is 1. The molecule has 1 aromatic carbocycles. The molecule has 1 aromatic rings. The van der Waals surface area contributed by atoms with Crippen molar-refractivity contribution in [3.8, 4) is 0 Å². The standard InChI is InChI=1S/C23H39N3O4S/c1-5-30-22(27)19-13-17-26(18-14-19)21-11-9-20(10-12-21)24-15-7-6-8-16-25-31(28,29)23(2,3)4/h9-12,19,24-25H,5-8,13-18H2,1-4H3. The minimum atomic E-state index is -3.25. The van der Waals surface area contributed by atoms with Gasteiger partial charge in [0.05, 0.1) is 17.3 Å². The van der Waals surface area contributed by atoms with Crippen LogP contribution in [0.4, 0.5) is 11.4 Å². The van der Waals surface area contributed by atoms with Gasteiger partial charge >= 0.3 is 5.97 Å². The number of hydrogen-bond donors (Lipinski definition) is 2. The van der Waals surface area contributed by atoms with E-state index in [2.05, 4.69) is 39.2 Å². The Kier molecular flexibility index (Phi) is 9.62. The molecular formula is C23H39N3O4S. The van der Waals surface area contributed by atoms with Crippen LogP contribution in [0.25, 0.3) is 0 Å². The quantitative estimate of drug-likeness (QED) is 0.392. The molecule has 1 saturated heterocycles. The van der Waals surface area contributed by atoms with E-state index < -0.39 is 14.8 Å². The Bertz CT molecular complexity index is 780. The normalized spacial score (nSPS) is 15.7. The monoisotopic (exact) mass is 453 g/mol. The lowest BCUT2D eigenvalue weighted by Crippen LogP contribution is -2.39. The van der Waals surface area contributed by atoms with Gasteiger partial charge in [0.1, 0.15) is 0 Å². The first-order chi connectivity index (χ1) is 14.6. The number of piperidine rings is 1. The molecule has 0 aromatic heterocycles. The summed E-state index contributed by atoms with van der Waals surface area (Å²) in [5, 5.41) is 3.42. The van der Waals surface area contributed by atoms with Crippen LogP contribution in [-0.4, -0.2) is 51.9 Å². The summed E-state index contributed by atoms with van der Waals surface area (Å²) in [6.45, 7) is 10.5. The molecule has 0 bridgehead atoms. The Morgan fingerprint density at radius 3 is 2.26 bits per heavy atom. The number of benzene rings is 1. The van der Waals surface area contributed by atoms with E-state index >= 15 is 0 Å². The molecule has 0 aliphatic carbocycles. The molecule has 2 N–H and O–H groups in total. The number of esters is 1. The summed E-state index contributed by atoms with van der Waals surface area (Å²) in [4.78, 5) is 14.2. The molecule has 0 unspecified atom stereocenters. The summed E-state index contributed by atoms with van der Waals surface area (Å²) < 4.78 is 31.0. The van der Waals surface area contributed by atoms with Crippen LogP contribution >= 0.6 is 0 Å². The van der Waals surface area contributed by atoms with Gasteiger partial charge in [-0.05, 0) is 77.6 Å². The van der Waals surface area contributed by atoms with E-state index in [9.17, 15) is 13.2 Å². The number of ether oxygens (including phenoxy) is 1. The molecule has 0 radical (unpaired) electrons. The van der Waals surface area contributed by atoms with Crippen LogP contribution in [0.5, 0.6) is 0 Å². The fourth-order valence-electron chi connectivity index (χ4n) is 3.51. The lowest BCUT2D eigenvalue weighted by Gasteiger charge is -2.32. The summed E-state index contributed by atoms with van der Waals surface area (Å²) >= 11 is 0. The maximum absolute atomic E-state index is 12.0. The first-order valence-corrected chi connectivity index (χ1v) is 12.9. The van der Waals surface area contributed by atoms with Crippen molar-refractivity contribution in [2.24, 2.45) is 5.92 Å². The van der Waals surface area contributed by atoms with Crippen LogP contribution in [0.1, 0.15) is 59.8 Å². The third kappa shape index (κ3) is 8.00. The lowest BCUT2D eigenvalue weighted by molar-refractivity contribution is -0.148. The van der Waals surface area contributed by atoms with Gasteiger partial charge in [0, 0.05) is 37.6 Å². The largest absolute Gasteiger partial charge is 0.466 e. The highest BCUT2D eigenvalue weighted by molar-refractivity contribution is 7.90. The molecule has 0 atom stereocenters. The van der Waals surface area contributed by atoms with Crippen molar-refractivity contribution in [3.05, 3.63) is 24.3 Å². The third-order valence-corrected chi connectivity index (χ3v) is 7.82. The number of rotatable bonds is 11. The zero-order chi connectivity index (χ0) is 22.9. The molecule has 7 nitrogen and oxygen atoms in total. The molecular weight excluding hydrogens is 414 g/mol. The average Bonchev–Trinajstić information content (AvgIpc) is 2.73. The minimum absolute atomic E-state index is 0.0286. The number of anilines is 2. The third-order valence-electron chi connectivity index (χ3n) is 5.63. The van der Waals surface area contributed by atoms with Gasteiger partial charge in [-0.3, -0.25) is 4.79 Å². The maximum atomic E-state index is 12.0. The molecule has 0 amide bonds. The Morgan fingerprint density at radius 2 is 1.68 bits per heavy atom. The van der Waals surface area contributed by atoms with E-state index in [-0.39, 0.29) is 11.9 Å². The number of hydrogen-bond acceptors (Lipinski definition) is 6. The van der Waals surface area contributed by atoms with Crippen molar-refractivity contribution in [1.82, 2.24) is 4.72 Å². The van der Waals surface area contributed by atoms with Gasteiger partial charge in [0.15, 0.2) is 0 Å². The Balaban J connectivity index is 1.63. The minimum Gasteiger partial charge on any atom is -0.466 e. The fourth-order valence-corrected chi connectivity index (χ4v) is 4.35. The Labute approximate surface area is 188 Å². The van der Waals surface area contributed by atoms with Gasteiger partial charge in [-0.1, -0.05) is 6.42 Å². The molecule has 0 saturated carbocycles. The van der Waals surface area contributed by atoms with Crippen molar-refractivity contribution in [1.29, 1.82) is 0 Å². The van der Waals surface area contributed by atoms with E-state index in [1.165, 1.54) is 5.69 Å². The van der Waals surface area contributed by atoms with Crippen molar-refractivity contribution in [2.45, 2.75) is 64.5 Å². The molecule has 1 aliphatic heterocycles. The van der Waals surface area contributed by atoms with Gasteiger partial charge in [0.2, 0.25) is 10.0 Å². The van der Waals surface area contributed by atoms with Crippen LogP contribution < -0.4 is 14.9 Å². The number of carbonyl (C=O) groups excluding carboxylic acids is 1. The van der Waals surface area contributed by atoms with E-state index in [0.29, 0.717) is 13.2 Å². The zero-order valence-electron chi connectivity index (χ0n) is 19.4. The molecule has 1 aliphatic rings. The summed E-state index contributed by atoms with van der Waals surface area (Å²) in [7, 11) is -3.25. The number of nitrogens with zero attached hydrogens (tertiary/aromatic N) is 1. The predicted molar refractivity (Wildman–Crippen MR) is 127 cm³/mol. The molecule has 8 heteroatoms. The van der Waals surface area contributed by atoms with Gasteiger partial charge in [-0.15, -0.1) is 0 Å². The topological polar surface area (TPSA) is 87.7 Å². The lowest BCUT2D eigenvalue weighted by atomic mass is 9.96. The Hall–Kier alpha value is -1.80. The van der Waals surface area contributed by atoms with Crippen molar-refractivity contribution in [2.75, 3.05) is 43.0 Å². The van der Waals surface area contributed by atoms with Crippen molar-refractivity contribution in [3.63, 3.8) is 0 Å². The van der Waals surface area contributed by atoms with Gasteiger partial charge in [0.25, 0.3) is 0 Å². The van der Waals surface area contributed by atoms with Crippen molar-refractivity contribution >= 4 is 27.4 Å². The number of carbonyl (C=O) groups is 1. The van der Waals surface area contributed by atoms with Crippen LogP contribution in [0, 0.1) is 5.92 Å². The zero-order valence-corrected chi connectivity index (χ0v) is 20.3.